The predicted octanol–water partition coefficient (Wildman–Crippen LogP) is 4.18. The maximum Gasteiger partial charge on any atom is 0.311 e. The Labute approximate surface area is 189 Å². The van der Waals surface area contributed by atoms with E-state index in [9.17, 15) is 19.3 Å². The van der Waals surface area contributed by atoms with E-state index in [0.29, 0.717) is 34.2 Å². The largest absolute Gasteiger partial charge is 0.496 e. The van der Waals surface area contributed by atoms with Gasteiger partial charge in [-0.25, -0.2) is 4.39 Å². The molecular weight excluding hydrogens is 437 g/mol. The highest BCUT2D eigenvalue weighted by Gasteiger charge is 2.29. The first kappa shape index (κ1) is 23.1. The quantitative estimate of drug-likeness (QED) is 0.260. The van der Waals surface area contributed by atoms with Crippen LogP contribution in [0.1, 0.15) is 30.9 Å². The van der Waals surface area contributed by atoms with Gasteiger partial charge in [0.1, 0.15) is 23.9 Å². The van der Waals surface area contributed by atoms with E-state index in [2.05, 4.69) is 5.32 Å². The van der Waals surface area contributed by atoms with Crippen molar-refractivity contribution in [2.45, 2.75) is 26.4 Å². The topological polar surface area (TPSA) is 93.9 Å². The van der Waals surface area contributed by atoms with Gasteiger partial charge in [-0.05, 0) is 48.5 Å². The Balaban J connectivity index is 1.83. The van der Waals surface area contributed by atoms with Gasteiger partial charge in [0.2, 0.25) is 0 Å². The van der Waals surface area contributed by atoms with Crippen molar-refractivity contribution in [2.24, 2.45) is 0 Å². The summed E-state index contributed by atoms with van der Waals surface area (Å²) in [4.78, 5) is 24.7. The lowest BCUT2D eigenvalue weighted by atomic mass is 10.1. The molecule has 1 aliphatic rings. The number of halogens is 1. The van der Waals surface area contributed by atoms with Crippen LogP contribution in [0, 0.1) is 15.9 Å². The van der Waals surface area contributed by atoms with E-state index in [0.717, 1.165) is 31.0 Å². The molecule has 168 valence electrons. The number of nitro groups is 1. The van der Waals surface area contributed by atoms with Crippen molar-refractivity contribution >= 4 is 35.0 Å². The molecule has 1 fully saturated rings. The second-order valence-corrected chi connectivity index (χ2v) is 7.41. The summed E-state index contributed by atoms with van der Waals surface area (Å²) < 4.78 is 24.4. The van der Waals surface area contributed by atoms with E-state index in [1.807, 2.05) is 6.92 Å². The zero-order chi connectivity index (χ0) is 23.3. The molecule has 1 N–H and O–H groups in total. The van der Waals surface area contributed by atoms with Crippen LogP contribution in [0.3, 0.4) is 0 Å². The van der Waals surface area contributed by atoms with E-state index < -0.39 is 10.7 Å². The summed E-state index contributed by atoms with van der Waals surface area (Å²) in [6.07, 6.45) is 3.45. The number of methoxy groups -OCH3 is 1. The molecule has 0 spiro atoms. The van der Waals surface area contributed by atoms with Gasteiger partial charge >= 0.3 is 5.69 Å². The summed E-state index contributed by atoms with van der Waals surface area (Å²) in [5.41, 5.74) is 1.25. The Hall–Kier alpha value is -3.53. The molecule has 1 heterocycles. The highest BCUT2D eigenvalue weighted by molar-refractivity contribution is 7.80. The van der Waals surface area contributed by atoms with Crippen molar-refractivity contribution in [2.75, 3.05) is 13.7 Å². The highest BCUT2D eigenvalue weighted by atomic mass is 32.1. The number of nitro benzene ring substituents is 1. The van der Waals surface area contributed by atoms with Gasteiger partial charge in [-0.3, -0.25) is 19.8 Å². The second kappa shape index (κ2) is 10.2. The molecule has 3 rings (SSSR count). The lowest BCUT2D eigenvalue weighted by molar-refractivity contribution is -0.386. The van der Waals surface area contributed by atoms with Crippen molar-refractivity contribution in [1.82, 2.24) is 10.2 Å². The first-order valence-electron chi connectivity index (χ1n) is 9.92. The average Bonchev–Trinajstić information content (AvgIpc) is 3.03. The van der Waals surface area contributed by atoms with Gasteiger partial charge in [0, 0.05) is 24.2 Å². The molecule has 10 heteroatoms. The number of benzene rings is 2. The monoisotopic (exact) mass is 459 g/mol. The van der Waals surface area contributed by atoms with E-state index in [-0.39, 0.29) is 24.0 Å². The Morgan fingerprint density at radius 1 is 1.25 bits per heavy atom. The minimum absolute atomic E-state index is 0.104. The van der Waals surface area contributed by atoms with Gasteiger partial charge in [0.15, 0.2) is 10.9 Å². The van der Waals surface area contributed by atoms with Crippen molar-refractivity contribution < 1.29 is 23.6 Å². The third kappa shape index (κ3) is 5.20. The molecule has 1 amide bonds. The first-order valence-corrected chi connectivity index (χ1v) is 10.3. The molecule has 2 aromatic carbocycles. The number of unbranched alkanes of at least 4 members (excludes halogenated alkanes) is 1. The summed E-state index contributed by atoms with van der Waals surface area (Å²) in [5.74, 6) is -0.555. The number of amides is 1. The van der Waals surface area contributed by atoms with Crippen molar-refractivity contribution in [3.63, 3.8) is 0 Å². The normalized spacial score (nSPS) is 14.6. The van der Waals surface area contributed by atoms with Gasteiger partial charge in [0.25, 0.3) is 5.91 Å². The van der Waals surface area contributed by atoms with Crippen LogP contribution in [-0.4, -0.2) is 34.5 Å². The molecule has 0 aromatic heterocycles. The molecule has 0 unspecified atom stereocenters. The summed E-state index contributed by atoms with van der Waals surface area (Å²) >= 11 is 5.26. The number of hydrogen-bond donors (Lipinski definition) is 1. The smallest absolute Gasteiger partial charge is 0.311 e. The Kier molecular flexibility index (Phi) is 7.37. The van der Waals surface area contributed by atoms with E-state index >= 15 is 0 Å². The standard InChI is InChI=1S/C22H22FN3O5S/c1-3-4-9-25-21(27)17(24-22(25)32)11-14-5-8-19(30-2)15(10-14)13-31-20-12-16(23)6-7-18(20)26(28)29/h5-8,10-12H,3-4,9,13H2,1-2H3,(H,24,32)/b17-11+. The molecule has 1 saturated heterocycles. The zero-order valence-corrected chi connectivity index (χ0v) is 18.4. The minimum Gasteiger partial charge on any atom is -0.496 e. The van der Waals surface area contributed by atoms with Crippen LogP contribution in [0.4, 0.5) is 10.1 Å². The number of carbonyl (C=O) groups excluding carboxylic acids is 1. The number of nitrogens with zero attached hydrogens (tertiary/aromatic N) is 2. The lowest BCUT2D eigenvalue weighted by Crippen LogP contribution is -2.31. The molecule has 2 aromatic rings. The number of hydrogen-bond acceptors (Lipinski definition) is 6. The van der Waals surface area contributed by atoms with Crippen LogP contribution < -0.4 is 14.8 Å². The lowest BCUT2D eigenvalue weighted by Gasteiger charge is -2.12. The van der Waals surface area contributed by atoms with E-state index in [1.54, 1.807) is 24.3 Å². The number of rotatable bonds is 9. The molecule has 0 bridgehead atoms. The molecule has 1 aliphatic heterocycles. The summed E-state index contributed by atoms with van der Waals surface area (Å²) in [6.45, 7) is 2.48. The van der Waals surface area contributed by atoms with Crippen LogP contribution in [-0.2, 0) is 11.4 Å². The second-order valence-electron chi connectivity index (χ2n) is 7.03. The Bertz CT molecular complexity index is 1090. The summed E-state index contributed by atoms with van der Waals surface area (Å²) in [6, 6.07) is 8.18. The minimum atomic E-state index is -0.648. The zero-order valence-electron chi connectivity index (χ0n) is 17.6. The van der Waals surface area contributed by atoms with Gasteiger partial charge in [-0.1, -0.05) is 19.4 Å². The van der Waals surface area contributed by atoms with Crippen molar-refractivity contribution in [3.8, 4) is 11.5 Å². The van der Waals surface area contributed by atoms with Crippen LogP contribution in [0.5, 0.6) is 11.5 Å². The molecule has 32 heavy (non-hydrogen) atoms. The summed E-state index contributed by atoms with van der Waals surface area (Å²) in [7, 11) is 1.48. The predicted molar refractivity (Wildman–Crippen MR) is 121 cm³/mol. The summed E-state index contributed by atoms with van der Waals surface area (Å²) in [5, 5.41) is 14.5. The third-order valence-electron chi connectivity index (χ3n) is 4.81. The van der Waals surface area contributed by atoms with Gasteiger partial charge in [-0.15, -0.1) is 0 Å². The average molecular weight is 459 g/mol. The van der Waals surface area contributed by atoms with Crippen LogP contribution >= 0.6 is 12.2 Å². The number of carbonyl (C=O) groups is 1. The fourth-order valence-electron chi connectivity index (χ4n) is 3.17. The Morgan fingerprint density at radius 2 is 2.03 bits per heavy atom. The number of nitrogens with one attached hydrogen (secondary N) is 1. The maximum absolute atomic E-state index is 13.6. The number of thiocarbonyl (C=S) groups is 1. The first-order chi connectivity index (χ1) is 15.3. The van der Waals surface area contributed by atoms with E-state index in [4.69, 9.17) is 21.7 Å². The molecule has 0 aliphatic carbocycles. The van der Waals surface area contributed by atoms with Crippen LogP contribution in [0.2, 0.25) is 0 Å². The number of ether oxygens (including phenoxy) is 2. The third-order valence-corrected chi connectivity index (χ3v) is 5.14. The molecule has 8 nitrogen and oxygen atoms in total. The van der Waals surface area contributed by atoms with Gasteiger partial charge in [-0.2, -0.15) is 0 Å². The fourth-order valence-corrected chi connectivity index (χ4v) is 3.45. The van der Waals surface area contributed by atoms with Gasteiger partial charge in [0.05, 0.1) is 12.0 Å². The van der Waals surface area contributed by atoms with Crippen LogP contribution in [0.15, 0.2) is 42.1 Å². The van der Waals surface area contributed by atoms with E-state index in [1.165, 1.54) is 12.0 Å². The fraction of sp³-hybridized carbons (Fsp3) is 0.273. The molecular formula is C22H22FN3O5S. The van der Waals surface area contributed by atoms with Crippen molar-refractivity contribution in [1.29, 1.82) is 0 Å². The maximum atomic E-state index is 13.6. The highest BCUT2D eigenvalue weighted by Crippen LogP contribution is 2.30. The Morgan fingerprint density at radius 3 is 2.72 bits per heavy atom. The van der Waals surface area contributed by atoms with Crippen molar-refractivity contribution in [3.05, 3.63) is 69.2 Å². The molecule has 0 saturated carbocycles. The molecule has 0 radical (unpaired) electrons. The van der Waals surface area contributed by atoms with Crippen LogP contribution in [0.25, 0.3) is 6.08 Å². The molecule has 0 atom stereocenters. The van der Waals surface area contributed by atoms with Gasteiger partial charge < -0.3 is 14.8 Å². The SMILES string of the molecule is CCCCN1C(=O)/C(=C\c2ccc(OC)c(COc3cc(F)ccc3[N+](=O)[O-])c2)NC1=S.